The van der Waals surface area contributed by atoms with Crippen molar-refractivity contribution in [3.05, 3.63) is 41.5 Å². The van der Waals surface area contributed by atoms with Gasteiger partial charge in [0.05, 0.1) is 10.9 Å². The molecule has 0 saturated carbocycles. The zero-order chi connectivity index (χ0) is 15.8. The summed E-state index contributed by atoms with van der Waals surface area (Å²) in [6.07, 6.45) is 2.43. The van der Waals surface area contributed by atoms with Crippen LogP contribution in [0.1, 0.15) is 11.8 Å². The third-order valence-electron chi connectivity index (χ3n) is 3.61. The van der Waals surface area contributed by atoms with Crippen molar-refractivity contribution in [2.24, 2.45) is 10.2 Å². The molecule has 23 heavy (non-hydrogen) atoms. The predicted octanol–water partition coefficient (Wildman–Crippen LogP) is 4.86. The number of para-hydroxylation sites is 1. The van der Waals surface area contributed by atoms with Gasteiger partial charge in [0.25, 0.3) is 0 Å². The van der Waals surface area contributed by atoms with E-state index in [1.54, 1.807) is 11.3 Å². The number of nitrogens with zero attached hydrogens (tertiary/aromatic N) is 4. The van der Waals surface area contributed by atoms with Crippen LogP contribution < -0.4 is 0 Å². The summed E-state index contributed by atoms with van der Waals surface area (Å²) in [5.41, 5.74) is 1.23. The summed E-state index contributed by atoms with van der Waals surface area (Å²) in [6.45, 7) is 2.10. The Bertz CT molecular complexity index is 1030. The molecule has 3 aromatic heterocycles. The summed E-state index contributed by atoms with van der Waals surface area (Å²) in [5.74, 6) is 0.510. The molecule has 7 heteroatoms. The van der Waals surface area contributed by atoms with Gasteiger partial charge in [-0.25, -0.2) is 9.97 Å². The van der Waals surface area contributed by atoms with Gasteiger partial charge in [0.1, 0.15) is 11.2 Å². The Morgan fingerprint density at radius 3 is 2.91 bits per heavy atom. The summed E-state index contributed by atoms with van der Waals surface area (Å²) >= 11 is 1.63. The second-order valence-corrected chi connectivity index (χ2v) is 6.17. The molecule has 0 amide bonds. The second-order valence-electron chi connectivity index (χ2n) is 5.05. The molecule has 0 aliphatic rings. The lowest BCUT2D eigenvalue weighted by Gasteiger charge is -1.94. The molecule has 3 heterocycles. The number of aromatic nitrogens is 3. The first-order chi connectivity index (χ1) is 11.3. The Labute approximate surface area is 135 Å². The van der Waals surface area contributed by atoms with Crippen LogP contribution in [0, 0.1) is 0 Å². The Balaban J connectivity index is 1.82. The molecular weight excluding hydrogens is 310 g/mol. The Kier molecular flexibility index (Phi) is 3.27. The van der Waals surface area contributed by atoms with Crippen LogP contribution in [0.3, 0.4) is 0 Å². The van der Waals surface area contributed by atoms with Crippen molar-refractivity contribution in [1.82, 2.24) is 15.0 Å². The number of azo groups is 1. The van der Waals surface area contributed by atoms with Gasteiger partial charge in [0.15, 0.2) is 11.5 Å². The van der Waals surface area contributed by atoms with E-state index in [1.807, 2.05) is 30.3 Å². The van der Waals surface area contributed by atoms with Crippen molar-refractivity contribution in [2.75, 3.05) is 0 Å². The highest BCUT2D eigenvalue weighted by Crippen LogP contribution is 2.37. The fourth-order valence-corrected chi connectivity index (χ4v) is 3.39. The molecule has 0 aliphatic carbocycles. The van der Waals surface area contributed by atoms with E-state index in [2.05, 4.69) is 32.1 Å². The van der Waals surface area contributed by atoms with E-state index in [0.717, 1.165) is 27.5 Å². The average molecular weight is 323 g/mol. The minimum Gasteiger partial charge on any atom is -0.493 e. The fraction of sp³-hybridized carbons (Fsp3) is 0.125. The van der Waals surface area contributed by atoms with E-state index in [-0.39, 0.29) is 5.88 Å². The zero-order valence-corrected chi connectivity index (χ0v) is 13.1. The maximum atomic E-state index is 10.0. The molecule has 4 aromatic rings. The van der Waals surface area contributed by atoms with Crippen molar-refractivity contribution < 1.29 is 5.11 Å². The SMILES string of the molecule is CCc1cc2c(N=Nc3c(O)[nH]c4ccccc34)ncnc2s1. The molecule has 0 unspecified atom stereocenters. The van der Waals surface area contributed by atoms with E-state index in [9.17, 15) is 5.11 Å². The van der Waals surface area contributed by atoms with Crippen LogP contribution >= 0.6 is 11.3 Å². The van der Waals surface area contributed by atoms with Gasteiger partial charge in [-0.3, -0.25) is 0 Å². The van der Waals surface area contributed by atoms with E-state index in [4.69, 9.17) is 0 Å². The summed E-state index contributed by atoms with van der Waals surface area (Å²) in [4.78, 5) is 13.5. The number of H-pyrrole nitrogens is 1. The highest BCUT2D eigenvalue weighted by molar-refractivity contribution is 7.18. The number of aryl methyl sites for hydroxylation is 1. The number of fused-ring (bicyclic) bond motifs is 2. The van der Waals surface area contributed by atoms with Crippen LogP contribution in [0.4, 0.5) is 11.5 Å². The Hall–Kier alpha value is -2.80. The maximum Gasteiger partial charge on any atom is 0.218 e. The molecule has 0 atom stereocenters. The molecule has 0 radical (unpaired) electrons. The molecule has 0 aliphatic heterocycles. The van der Waals surface area contributed by atoms with Crippen LogP contribution in [0.2, 0.25) is 0 Å². The Morgan fingerprint density at radius 1 is 1.17 bits per heavy atom. The molecule has 0 spiro atoms. The average Bonchev–Trinajstić information content (AvgIpc) is 3.13. The number of aromatic hydroxyl groups is 1. The molecule has 0 fully saturated rings. The van der Waals surface area contributed by atoms with Crippen LogP contribution in [0.15, 0.2) is 46.9 Å². The van der Waals surface area contributed by atoms with Crippen molar-refractivity contribution >= 4 is 44.0 Å². The third-order valence-corrected chi connectivity index (χ3v) is 4.80. The van der Waals surface area contributed by atoms with Gasteiger partial charge in [-0.15, -0.1) is 21.6 Å². The van der Waals surface area contributed by atoms with Crippen LogP contribution in [-0.2, 0) is 6.42 Å². The first-order valence-electron chi connectivity index (χ1n) is 7.21. The first-order valence-corrected chi connectivity index (χ1v) is 8.02. The molecule has 0 bridgehead atoms. The van der Waals surface area contributed by atoms with Crippen LogP contribution in [0.25, 0.3) is 21.1 Å². The first kappa shape index (κ1) is 13.8. The van der Waals surface area contributed by atoms with Gasteiger partial charge in [0, 0.05) is 10.3 Å². The number of nitrogens with one attached hydrogen (secondary N) is 1. The number of hydrogen-bond donors (Lipinski definition) is 2. The molecule has 6 nitrogen and oxygen atoms in total. The van der Waals surface area contributed by atoms with E-state index >= 15 is 0 Å². The molecule has 2 N–H and O–H groups in total. The Morgan fingerprint density at radius 2 is 2.04 bits per heavy atom. The fourth-order valence-electron chi connectivity index (χ4n) is 2.46. The number of aromatic amines is 1. The maximum absolute atomic E-state index is 10.0. The summed E-state index contributed by atoms with van der Waals surface area (Å²) in [5, 5.41) is 20.2. The monoisotopic (exact) mass is 323 g/mol. The second kappa shape index (κ2) is 5.44. The van der Waals surface area contributed by atoms with Crippen LogP contribution in [-0.4, -0.2) is 20.1 Å². The van der Waals surface area contributed by atoms with Gasteiger partial charge in [-0.05, 0) is 18.6 Å². The zero-order valence-electron chi connectivity index (χ0n) is 12.3. The number of benzene rings is 1. The smallest absolute Gasteiger partial charge is 0.218 e. The van der Waals surface area contributed by atoms with Crippen molar-refractivity contribution in [3.8, 4) is 5.88 Å². The minimum atomic E-state index is -0.000171. The van der Waals surface area contributed by atoms with Crippen molar-refractivity contribution in [3.63, 3.8) is 0 Å². The molecular formula is C16H13N5OS. The van der Waals surface area contributed by atoms with Gasteiger partial charge < -0.3 is 10.1 Å². The van der Waals surface area contributed by atoms with E-state index < -0.39 is 0 Å². The number of thiophene rings is 1. The van der Waals surface area contributed by atoms with Gasteiger partial charge >= 0.3 is 0 Å². The molecule has 4 rings (SSSR count). The van der Waals surface area contributed by atoms with Gasteiger partial charge in [0.2, 0.25) is 5.88 Å². The van der Waals surface area contributed by atoms with Gasteiger partial charge in [-0.2, -0.15) is 0 Å². The van der Waals surface area contributed by atoms with Crippen molar-refractivity contribution in [2.45, 2.75) is 13.3 Å². The molecule has 1 aromatic carbocycles. The van der Waals surface area contributed by atoms with Gasteiger partial charge in [-0.1, -0.05) is 25.1 Å². The van der Waals surface area contributed by atoms with E-state index in [0.29, 0.717) is 11.5 Å². The summed E-state index contributed by atoms with van der Waals surface area (Å²) in [7, 11) is 0. The minimum absolute atomic E-state index is 0.000171. The lowest BCUT2D eigenvalue weighted by Crippen LogP contribution is -1.77. The van der Waals surface area contributed by atoms with Crippen molar-refractivity contribution in [1.29, 1.82) is 0 Å². The predicted molar refractivity (Wildman–Crippen MR) is 90.9 cm³/mol. The lowest BCUT2D eigenvalue weighted by atomic mass is 10.2. The summed E-state index contributed by atoms with van der Waals surface area (Å²) in [6, 6.07) is 9.59. The quantitative estimate of drug-likeness (QED) is 0.528. The topological polar surface area (TPSA) is 86.5 Å². The standard InChI is InChI=1S/C16H13N5OS/c1-2-9-7-11-14(17-8-18-16(11)23-9)21-20-13-10-5-3-4-6-12(10)19-15(13)22/h3-8,19,22H,2H2,1H3. The summed E-state index contributed by atoms with van der Waals surface area (Å²) < 4.78 is 0. The number of hydrogen-bond acceptors (Lipinski definition) is 6. The number of rotatable bonds is 3. The van der Waals surface area contributed by atoms with E-state index in [1.165, 1.54) is 11.2 Å². The normalized spacial score (nSPS) is 11.9. The molecule has 0 saturated heterocycles. The molecule has 114 valence electrons. The highest BCUT2D eigenvalue weighted by Gasteiger charge is 2.11. The highest BCUT2D eigenvalue weighted by atomic mass is 32.1. The third kappa shape index (κ3) is 2.35. The van der Waals surface area contributed by atoms with Crippen LogP contribution in [0.5, 0.6) is 5.88 Å². The largest absolute Gasteiger partial charge is 0.493 e. The lowest BCUT2D eigenvalue weighted by molar-refractivity contribution is 0.459.